The van der Waals surface area contributed by atoms with Gasteiger partial charge in [-0.3, -0.25) is 0 Å². The molecule has 0 saturated heterocycles. The second kappa shape index (κ2) is 11.0. The molecule has 14 heteroatoms. The van der Waals surface area contributed by atoms with Crippen molar-refractivity contribution in [1.29, 1.82) is 0 Å². The van der Waals surface area contributed by atoms with Gasteiger partial charge in [-0.15, -0.1) is 12.4 Å². The maximum absolute atomic E-state index is 14.5. The number of nitrogens with one attached hydrogen (secondary N) is 1. The molecule has 4 rings (SSSR count). The first-order valence-electron chi connectivity index (χ1n) is 10.8. The van der Waals surface area contributed by atoms with E-state index in [2.05, 4.69) is 26.5 Å². The molecule has 1 aliphatic carbocycles. The zero-order chi connectivity index (χ0) is 25.3. The van der Waals surface area contributed by atoms with Crippen molar-refractivity contribution in [3.8, 4) is 17.6 Å². The Balaban J connectivity index is 0.00000361. The average Bonchev–Trinajstić information content (AvgIpc) is 3.30. The van der Waals surface area contributed by atoms with Gasteiger partial charge >= 0.3 is 0 Å². The molecule has 3 aromatic rings. The fourth-order valence-electron chi connectivity index (χ4n) is 4.29. The van der Waals surface area contributed by atoms with Crippen LogP contribution >= 0.6 is 12.4 Å². The maximum atomic E-state index is 14.5. The highest BCUT2D eigenvalue weighted by molar-refractivity contribution is 7.87. The quantitative estimate of drug-likeness (QED) is 0.279. The smallest absolute Gasteiger partial charge is 0.274 e. The lowest BCUT2D eigenvalue weighted by molar-refractivity contribution is 0.00769. The number of aliphatic hydroxyl groups excluding tert-OH is 2. The Labute approximate surface area is 213 Å². The summed E-state index contributed by atoms with van der Waals surface area (Å²) in [6.07, 6.45) is 0.624. The van der Waals surface area contributed by atoms with Crippen LogP contribution in [0.4, 0.5) is 10.2 Å². The van der Waals surface area contributed by atoms with Gasteiger partial charge in [-0.05, 0) is 25.5 Å². The van der Waals surface area contributed by atoms with Crippen LogP contribution in [0.3, 0.4) is 0 Å². The summed E-state index contributed by atoms with van der Waals surface area (Å²) in [5.74, 6) is 4.99. The normalized spacial score (nSPS) is 21.6. The number of hydrogen-bond donors (Lipinski definition) is 5. The molecule has 0 radical (unpaired) electrons. The van der Waals surface area contributed by atoms with E-state index in [9.17, 15) is 23.0 Å². The predicted octanol–water partition coefficient (Wildman–Crippen LogP) is 0.449. The van der Waals surface area contributed by atoms with Crippen molar-refractivity contribution in [3.05, 3.63) is 47.7 Å². The number of fused-ring (bicyclic) bond motifs is 1. The number of nitrogens with two attached hydrogens (primary N) is 2. The van der Waals surface area contributed by atoms with Crippen LogP contribution in [0, 0.1) is 23.6 Å². The molecule has 0 spiro atoms. The zero-order valence-corrected chi connectivity index (χ0v) is 20.8. The second-order valence-electron chi connectivity index (χ2n) is 8.14. The number of aromatic nitrogens is 3. The molecule has 0 bridgehead atoms. The minimum atomic E-state index is -3.96. The molecular formula is C22H26ClFN6O5S. The number of nitrogens with zero attached hydrogens (tertiary/aromatic N) is 3. The van der Waals surface area contributed by atoms with Crippen molar-refractivity contribution >= 4 is 39.5 Å². The Morgan fingerprint density at radius 2 is 2.03 bits per heavy atom. The Bertz CT molecular complexity index is 1420. The number of rotatable bonds is 6. The summed E-state index contributed by atoms with van der Waals surface area (Å²) in [7, 11) is -3.96. The summed E-state index contributed by atoms with van der Waals surface area (Å²) < 4.78 is 46.2. The molecule has 194 valence electrons. The molecule has 1 aliphatic rings. The first-order chi connectivity index (χ1) is 16.6. The maximum Gasteiger partial charge on any atom is 0.274 e. The molecular weight excluding hydrogens is 515 g/mol. The van der Waals surface area contributed by atoms with Gasteiger partial charge in [0, 0.05) is 18.7 Å². The van der Waals surface area contributed by atoms with E-state index in [4.69, 9.17) is 15.6 Å². The van der Waals surface area contributed by atoms with E-state index in [-0.39, 0.29) is 36.8 Å². The molecule has 11 nitrogen and oxygen atoms in total. The molecule has 0 unspecified atom stereocenters. The molecule has 1 fully saturated rings. The molecule has 0 aliphatic heterocycles. The third-order valence-corrected chi connectivity index (χ3v) is 6.48. The van der Waals surface area contributed by atoms with E-state index < -0.39 is 40.2 Å². The molecule has 7 N–H and O–H groups in total. The number of ether oxygens (including phenoxy) is 1. The Morgan fingerprint density at radius 3 is 2.72 bits per heavy atom. The van der Waals surface area contributed by atoms with Crippen LogP contribution in [0.25, 0.3) is 11.0 Å². The summed E-state index contributed by atoms with van der Waals surface area (Å²) in [5.41, 5.74) is 6.92. The zero-order valence-electron chi connectivity index (χ0n) is 19.1. The number of aliphatic hydroxyl groups is 2. The fourth-order valence-corrected chi connectivity index (χ4v) is 4.73. The predicted molar refractivity (Wildman–Crippen MR) is 133 cm³/mol. The lowest BCUT2D eigenvalue weighted by atomic mass is 10.1. The van der Waals surface area contributed by atoms with E-state index >= 15 is 0 Å². The third kappa shape index (κ3) is 5.54. The van der Waals surface area contributed by atoms with Gasteiger partial charge in [-0.25, -0.2) is 24.2 Å². The van der Waals surface area contributed by atoms with Gasteiger partial charge in [-0.1, -0.05) is 17.9 Å². The van der Waals surface area contributed by atoms with Crippen LogP contribution in [0.1, 0.15) is 30.5 Å². The first-order valence-corrected chi connectivity index (χ1v) is 12.3. The number of benzene rings is 1. The van der Waals surface area contributed by atoms with Gasteiger partial charge in [-0.2, -0.15) is 8.42 Å². The Hall–Kier alpha value is -2.99. The summed E-state index contributed by atoms with van der Waals surface area (Å²) in [5, 5.41) is 26.6. The molecule has 36 heavy (non-hydrogen) atoms. The summed E-state index contributed by atoms with van der Waals surface area (Å²) in [4.78, 5) is 8.29. The van der Waals surface area contributed by atoms with Crippen LogP contribution in [0.2, 0.25) is 0 Å². The van der Waals surface area contributed by atoms with E-state index in [0.29, 0.717) is 29.0 Å². The van der Waals surface area contributed by atoms with Crippen LogP contribution in [0.5, 0.6) is 5.75 Å². The van der Waals surface area contributed by atoms with Crippen molar-refractivity contribution in [3.63, 3.8) is 0 Å². The molecule has 2 aromatic heterocycles. The SMILES string of the molecule is CCOc1cccc(F)c1C#Cc1cn([C@@H]2C[C@H](CNS(N)(=O)=O)[C@@H](O)[C@H]2O)c2ncnc(N)c12.Cl. The van der Waals surface area contributed by atoms with E-state index in [1.807, 2.05) is 0 Å². The number of anilines is 1. The van der Waals surface area contributed by atoms with Crippen molar-refractivity contribution in [2.75, 3.05) is 18.9 Å². The monoisotopic (exact) mass is 540 g/mol. The highest BCUT2D eigenvalue weighted by Gasteiger charge is 2.43. The topological polar surface area (TPSA) is 179 Å². The molecule has 4 atom stereocenters. The van der Waals surface area contributed by atoms with Crippen molar-refractivity contribution in [1.82, 2.24) is 19.3 Å². The van der Waals surface area contributed by atoms with E-state index in [0.717, 1.165) is 0 Å². The molecule has 1 saturated carbocycles. The number of halogens is 2. The number of hydrogen-bond acceptors (Lipinski definition) is 8. The van der Waals surface area contributed by atoms with Gasteiger partial charge in [0.15, 0.2) is 0 Å². The van der Waals surface area contributed by atoms with Gasteiger partial charge in [0.2, 0.25) is 0 Å². The highest BCUT2D eigenvalue weighted by Crippen LogP contribution is 2.38. The lowest BCUT2D eigenvalue weighted by Crippen LogP contribution is -2.38. The highest BCUT2D eigenvalue weighted by atomic mass is 35.5. The number of nitrogen functional groups attached to an aromatic ring is 1. The lowest BCUT2D eigenvalue weighted by Gasteiger charge is -2.18. The van der Waals surface area contributed by atoms with Crippen molar-refractivity contribution in [2.24, 2.45) is 11.1 Å². The third-order valence-electron chi connectivity index (χ3n) is 5.91. The van der Waals surface area contributed by atoms with Crippen LogP contribution < -0.4 is 20.3 Å². The minimum absolute atomic E-state index is 0. The van der Waals surface area contributed by atoms with Gasteiger partial charge in [0.05, 0.1) is 29.7 Å². The molecule has 2 heterocycles. The summed E-state index contributed by atoms with van der Waals surface area (Å²) in [6.45, 7) is 1.96. The van der Waals surface area contributed by atoms with Crippen LogP contribution in [0.15, 0.2) is 30.7 Å². The first kappa shape index (κ1) is 27.6. The van der Waals surface area contributed by atoms with Gasteiger partial charge < -0.3 is 25.3 Å². The standard InChI is InChI=1S/C22H25FN6O5S.ClH/c1-2-34-17-5-3-4-15(23)14(17)7-6-12-10-29(22-18(12)21(24)26-11-27-22)16-8-13(19(30)20(16)31)9-28-35(25,32)33;/h3-5,10-11,13,16,19-20,28,30-31H,2,8-9H2,1H3,(H2,24,26,27)(H2,25,32,33);1H/t13-,16-,19-,20+;/m1./s1. The minimum Gasteiger partial charge on any atom is -0.492 e. The van der Waals surface area contributed by atoms with Gasteiger partial charge in [0.25, 0.3) is 10.2 Å². The fraction of sp³-hybridized carbons (Fsp3) is 0.364. The average molecular weight is 541 g/mol. The van der Waals surface area contributed by atoms with Gasteiger partial charge in [0.1, 0.15) is 41.0 Å². The van der Waals surface area contributed by atoms with E-state index in [1.165, 1.54) is 18.5 Å². The van der Waals surface area contributed by atoms with Crippen LogP contribution in [-0.4, -0.2) is 58.5 Å². The largest absolute Gasteiger partial charge is 0.492 e. The molecule has 1 aromatic carbocycles. The summed E-state index contributed by atoms with van der Waals surface area (Å²) >= 11 is 0. The Morgan fingerprint density at radius 1 is 1.28 bits per heavy atom. The molecule has 0 amide bonds. The van der Waals surface area contributed by atoms with Crippen molar-refractivity contribution < 1.29 is 27.8 Å². The van der Waals surface area contributed by atoms with Crippen molar-refractivity contribution in [2.45, 2.75) is 31.6 Å². The van der Waals surface area contributed by atoms with E-state index in [1.54, 1.807) is 23.8 Å². The van der Waals surface area contributed by atoms with Crippen LogP contribution in [-0.2, 0) is 10.2 Å². The summed E-state index contributed by atoms with van der Waals surface area (Å²) in [6, 6.07) is 3.75. The Kier molecular flexibility index (Phi) is 8.40. The second-order valence-corrected chi connectivity index (χ2v) is 9.52.